The molecule has 1 heterocycles. The number of ether oxygens (including phenoxy) is 1. The highest BCUT2D eigenvalue weighted by Gasteiger charge is 2.19. The molecular weight excluding hydrogens is 258 g/mol. The SMILES string of the molecule is COc1c(C(F)F)ncc(CN)c1Br. The average molecular weight is 267 g/mol. The molecule has 14 heavy (non-hydrogen) atoms. The van der Waals surface area contributed by atoms with E-state index >= 15 is 0 Å². The van der Waals surface area contributed by atoms with E-state index in [0.717, 1.165) is 0 Å². The number of pyridine rings is 1. The Morgan fingerprint density at radius 2 is 2.29 bits per heavy atom. The minimum absolute atomic E-state index is 0.0444. The number of nitrogens with two attached hydrogens (primary N) is 1. The van der Waals surface area contributed by atoms with Crippen LogP contribution in [0, 0.1) is 0 Å². The zero-order chi connectivity index (χ0) is 10.7. The van der Waals surface area contributed by atoms with Crippen LogP contribution in [-0.2, 0) is 6.54 Å². The topological polar surface area (TPSA) is 48.1 Å². The van der Waals surface area contributed by atoms with Gasteiger partial charge in [-0.3, -0.25) is 4.98 Å². The summed E-state index contributed by atoms with van der Waals surface area (Å²) in [5.41, 5.74) is 5.64. The van der Waals surface area contributed by atoms with Crippen LogP contribution in [0.4, 0.5) is 8.78 Å². The van der Waals surface area contributed by atoms with E-state index in [2.05, 4.69) is 20.9 Å². The number of hydrogen-bond donors (Lipinski definition) is 1. The maximum absolute atomic E-state index is 12.4. The van der Waals surface area contributed by atoms with E-state index in [-0.39, 0.29) is 18.0 Å². The first-order valence-corrected chi connectivity index (χ1v) is 4.60. The van der Waals surface area contributed by atoms with Gasteiger partial charge in [-0.25, -0.2) is 8.78 Å². The van der Waals surface area contributed by atoms with E-state index in [1.54, 1.807) is 0 Å². The van der Waals surface area contributed by atoms with Gasteiger partial charge in [0.05, 0.1) is 11.6 Å². The molecule has 6 heteroatoms. The molecule has 0 aliphatic rings. The van der Waals surface area contributed by atoms with Crippen molar-refractivity contribution in [2.45, 2.75) is 13.0 Å². The molecule has 0 radical (unpaired) electrons. The lowest BCUT2D eigenvalue weighted by atomic mass is 10.2. The fourth-order valence-corrected chi connectivity index (χ4v) is 1.64. The van der Waals surface area contributed by atoms with Gasteiger partial charge >= 0.3 is 0 Å². The monoisotopic (exact) mass is 266 g/mol. The van der Waals surface area contributed by atoms with Crippen LogP contribution in [-0.4, -0.2) is 12.1 Å². The molecule has 0 aliphatic heterocycles. The van der Waals surface area contributed by atoms with Gasteiger partial charge in [-0.15, -0.1) is 0 Å². The maximum Gasteiger partial charge on any atom is 0.284 e. The van der Waals surface area contributed by atoms with Crippen LogP contribution in [0.3, 0.4) is 0 Å². The van der Waals surface area contributed by atoms with Crippen molar-refractivity contribution >= 4 is 15.9 Å². The summed E-state index contributed by atoms with van der Waals surface area (Å²) in [5, 5.41) is 0. The molecule has 2 N–H and O–H groups in total. The number of hydrogen-bond acceptors (Lipinski definition) is 3. The maximum atomic E-state index is 12.4. The van der Waals surface area contributed by atoms with Gasteiger partial charge in [-0.2, -0.15) is 0 Å². The average Bonchev–Trinajstić information content (AvgIpc) is 2.17. The van der Waals surface area contributed by atoms with Crippen LogP contribution in [0.25, 0.3) is 0 Å². The van der Waals surface area contributed by atoms with Gasteiger partial charge in [-0.1, -0.05) is 0 Å². The van der Waals surface area contributed by atoms with Crippen LogP contribution < -0.4 is 10.5 Å². The summed E-state index contributed by atoms with van der Waals surface area (Å²) in [6.07, 6.45) is -1.35. The standard InChI is InChI=1S/C8H9BrF2N2O/c1-14-7-5(9)4(2-12)3-13-6(7)8(10)11/h3,8H,2,12H2,1H3. The van der Waals surface area contributed by atoms with Gasteiger partial charge in [-0.05, 0) is 15.9 Å². The van der Waals surface area contributed by atoms with Gasteiger partial charge in [0, 0.05) is 18.3 Å². The second-order valence-electron chi connectivity index (χ2n) is 2.52. The van der Waals surface area contributed by atoms with Crippen molar-refractivity contribution in [2.75, 3.05) is 7.11 Å². The fraction of sp³-hybridized carbons (Fsp3) is 0.375. The Morgan fingerprint density at radius 3 is 2.71 bits per heavy atom. The molecule has 0 aromatic carbocycles. The molecule has 0 spiro atoms. The van der Waals surface area contributed by atoms with Gasteiger partial charge in [0.1, 0.15) is 5.69 Å². The summed E-state index contributed by atoms with van der Waals surface area (Å²) in [5.74, 6) is 0.0444. The number of methoxy groups -OCH3 is 1. The number of nitrogens with zero attached hydrogens (tertiary/aromatic N) is 1. The first kappa shape index (κ1) is 11.3. The van der Waals surface area contributed by atoms with E-state index in [0.29, 0.717) is 10.0 Å². The Morgan fingerprint density at radius 1 is 1.64 bits per heavy atom. The third kappa shape index (κ3) is 2.01. The number of rotatable bonds is 3. The molecular formula is C8H9BrF2N2O. The molecule has 0 saturated carbocycles. The molecule has 0 saturated heterocycles. The highest BCUT2D eigenvalue weighted by Crippen LogP contribution is 2.35. The summed E-state index contributed by atoms with van der Waals surface area (Å²) >= 11 is 3.14. The molecule has 0 aliphatic carbocycles. The second kappa shape index (κ2) is 4.65. The lowest BCUT2D eigenvalue weighted by Gasteiger charge is -2.11. The molecule has 0 amide bonds. The summed E-state index contributed by atoms with van der Waals surface area (Å²) in [6, 6.07) is 0. The highest BCUT2D eigenvalue weighted by molar-refractivity contribution is 9.10. The summed E-state index contributed by atoms with van der Waals surface area (Å²) in [4.78, 5) is 3.60. The zero-order valence-electron chi connectivity index (χ0n) is 7.43. The van der Waals surface area contributed by atoms with Crippen molar-refractivity contribution in [3.8, 4) is 5.75 Å². The quantitative estimate of drug-likeness (QED) is 0.913. The molecule has 0 bridgehead atoms. The van der Waals surface area contributed by atoms with Gasteiger partial charge in [0.2, 0.25) is 0 Å². The van der Waals surface area contributed by atoms with Gasteiger partial charge in [0.15, 0.2) is 5.75 Å². The van der Waals surface area contributed by atoms with Gasteiger partial charge < -0.3 is 10.5 Å². The minimum atomic E-state index is -2.66. The summed E-state index contributed by atoms with van der Waals surface area (Å²) in [6.45, 7) is 0.216. The highest BCUT2D eigenvalue weighted by atomic mass is 79.9. The predicted molar refractivity (Wildman–Crippen MR) is 51.3 cm³/mol. The lowest BCUT2D eigenvalue weighted by molar-refractivity contribution is 0.141. The first-order chi connectivity index (χ1) is 6.61. The van der Waals surface area contributed by atoms with Crippen molar-refractivity contribution < 1.29 is 13.5 Å². The summed E-state index contributed by atoms with van der Waals surface area (Å²) < 4.78 is 30.1. The van der Waals surface area contributed by atoms with Crippen LogP contribution >= 0.6 is 15.9 Å². The van der Waals surface area contributed by atoms with Crippen LogP contribution in [0.15, 0.2) is 10.7 Å². The Kier molecular flexibility index (Phi) is 3.77. The zero-order valence-corrected chi connectivity index (χ0v) is 9.01. The second-order valence-corrected chi connectivity index (χ2v) is 3.31. The van der Waals surface area contributed by atoms with Crippen molar-refractivity contribution in [3.63, 3.8) is 0 Å². The van der Waals surface area contributed by atoms with Crippen LogP contribution in [0.2, 0.25) is 0 Å². The number of aromatic nitrogens is 1. The first-order valence-electron chi connectivity index (χ1n) is 3.81. The van der Waals surface area contributed by atoms with Crippen molar-refractivity contribution in [3.05, 3.63) is 21.9 Å². The summed E-state index contributed by atoms with van der Waals surface area (Å²) in [7, 11) is 1.31. The molecule has 1 rings (SSSR count). The molecule has 0 unspecified atom stereocenters. The smallest absolute Gasteiger partial charge is 0.284 e. The number of alkyl halides is 2. The molecule has 0 fully saturated rings. The van der Waals surface area contributed by atoms with E-state index in [1.807, 2.05) is 0 Å². The van der Waals surface area contributed by atoms with E-state index in [9.17, 15) is 8.78 Å². The van der Waals surface area contributed by atoms with Crippen LogP contribution in [0.5, 0.6) is 5.75 Å². The predicted octanol–water partition coefficient (Wildman–Crippen LogP) is 2.25. The Balaban J connectivity index is 3.28. The van der Waals surface area contributed by atoms with Crippen molar-refractivity contribution in [1.29, 1.82) is 0 Å². The molecule has 1 aromatic rings. The Hall–Kier alpha value is -0.750. The van der Waals surface area contributed by atoms with Crippen molar-refractivity contribution in [2.24, 2.45) is 5.73 Å². The van der Waals surface area contributed by atoms with Crippen LogP contribution in [0.1, 0.15) is 17.7 Å². The molecule has 78 valence electrons. The largest absolute Gasteiger partial charge is 0.493 e. The fourth-order valence-electron chi connectivity index (χ4n) is 1.01. The number of halogens is 3. The third-order valence-electron chi connectivity index (χ3n) is 1.70. The van der Waals surface area contributed by atoms with Gasteiger partial charge in [0.25, 0.3) is 6.43 Å². The third-order valence-corrected chi connectivity index (χ3v) is 2.57. The van der Waals surface area contributed by atoms with E-state index in [4.69, 9.17) is 10.5 Å². The Bertz CT molecular complexity index is 333. The minimum Gasteiger partial charge on any atom is -0.493 e. The lowest BCUT2D eigenvalue weighted by Crippen LogP contribution is -2.04. The van der Waals surface area contributed by atoms with E-state index < -0.39 is 6.43 Å². The molecule has 1 aromatic heterocycles. The molecule has 3 nitrogen and oxygen atoms in total. The normalized spacial score (nSPS) is 10.7. The Labute approximate surface area is 88.4 Å². The van der Waals surface area contributed by atoms with Crippen molar-refractivity contribution in [1.82, 2.24) is 4.98 Å². The molecule has 0 atom stereocenters. The van der Waals surface area contributed by atoms with E-state index in [1.165, 1.54) is 13.3 Å².